The van der Waals surface area contributed by atoms with Crippen LogP contribution in [0.15, 0.2) is 53.6 Å². The zero-order valence-corrected chi connectivity index (χ0v) is 16.5. The van der Waals surface area contributed by atoms with Crippen LogP contribution in [-0.2, 0) is 17.5 Å². The maximum Gasteiger partial charge on any atom is 0.451 e. The van der Waals surface area contributed by atoms with Crippen molar-refractivity contribution in [3.63, 3.8) is 0 Å². The number of para-hydroxylation sites is 1. The van der Waals surface area contributed by atoms with Crippen LogP contribution >= 0.6 is 11.8 Å². The molecule has 0 unspecified atom stereocenters. The molecule has 1 atom stereocenters. The number of methoxy groups -OCH3 is 1. The number of hydrogen-bond acceptors (Lipinski definition) is 5. The number of rotatable bonds is 6. The highest BCUT2D eigenvalue weighted by molar-refractivity contribution is 8.00. The molecule has 29 heavy (non-hydrogen) atoms. The van der Waals surface area contributed by atoms with Crippen LogP contribution in [0.4, 0.5) is 13.2 Å². The predicted molar refractivity (Wildman–Crippen MR) is 105 cm³/mol. The molecule has 0 saturated heterocycles. The molecule has 5 nitrogen and oxygen atoms in total. The second-order valence-corrected chi connectivity index (χ2v) is 7.52. The minimum atomic E-state index is -4.67. The molecule has 2 aromatic carbocycles. The molecule has 0 radical (unpaired) electrons. The van der Waals surface area contributed by atoms with E-state index in [9.17, 15) is 18.0 Å². The number of carbonyl (C=O) groups excluding carboxylic acids is 1. The standard InChI is InChI=1S/C20H18F3N3O2S/c1-12(17(27)24-11-13-7-9-14(28-2)10-8-13)29-18-15-5-3-4-6-16(15)25-19(26-18)20(21,22)23/h3-10,12H,11H2,1-2H3,(H,24,27)/t12-/m0/s1. The van der Waals surface area contributed by atoms with Gasteiger partial charge < -0.3 is 10.1 Å². The molecule has 152 valence electrons. The molecule has 3 rings (SSSR count). The summed E-state index contributed by atoms with van der Waals surface area (Å²) in [7, 11) is 1.57. The van der Waals surface area contributed by atoms with Crippen LogP contribution in [0.5, 0.6) is 5.75 Å². The molecule has 3 aromatic rings. The second-order valence-electron chi connectivity index (χ2n) is 6.19. The summed E-state index contributed by atoms with van der Waals surface area (Å²) in [6.45, 7) is 1.92. The van der Waals surface area contributed by atoms with Crippen molar-refractivity contribution >= 4 is 28.6 Å². The summed E-state index contributed by atoms with van der Waals surface area (Å²) < 4.78 is 44.5. The van der Waals surface area contributed by atoms with Gasteiger partial charge in [-0.05, 0) is 30.7 Å². The van der Waals surface area contributed by atoms with Crippen LogP contribution < -0.4 is 10.1 Å². The highest BCUT2D eigenvalue weighted by atomic mass is 32.2. The predicted octanol–water partition coefficient (Wildman–Crippen LogP) is 4.45. The first-order valence-electron chi connectivity index (χ1n) is 8.69. The Labute approximate surface area is 169 Å². The minimum Gasteiger partial charge on any atom is -0.497 e. The van der Waals surface area contributed by atoms with Crippen LogP contribution in [0.25, 0.3) is 10.9 Å². The molecule has 0 aliphatic heterocycles. The van der Waals surface area contributed by atoms with Gasteiger partial charge in [-0.2, -0.15) is 13.2 Å². The Kier molecular flexibility index (Phi) is 6.26. The topological polar surface area (TPSA) is 64.1 Å². The summed E-state index contributed by atoms with van der Waals surface area (Å²) >= 11 is 0.970. The molecule has 0 aliphatic rings. The number of benzene rings is 2. The zero-order valence-electron chi connectivity index (χ0n) is 15.7. The number of thioether (sulfide) groups is 1. The van der Waals surface area contributed by atoms with Crippen LogP contribution in [-0.4, -0.2) is 28.2 Å². The number of hydrogen-bond donors (Lipinski definition) is 1. The van der Waals surface area contributed by atoms with Gasteiger partial charge in [0.05, 0.1) is 17.9 Å². The smallest absolute Gasteiger partial charge is 0.451 e. The lowest BCUT2D eigenvalue weighted by Crippen LogP contribution is -2.30. The van der Waals surface area contributed by atoms with Crippen molar-refractivity contribution < 1.29 is 22.7 Å². The zero-order chi connectivity index (χ0) is 21.0. The summed E-state index contributed by atoms with van der Waals surface area (Å²) in [5.41, 5.74) is 1.06. The van der Waals surface area contributed by atoms with E-state index in [0.29, 0.717) is 17.7 Å². The lowest BCUT2D eigenvalue weighted by atomic mass is 10.2. The van der Waals surface area contributed by atoms with Gasteiger partial charge in [0.15, 0.2) is 0 Å². The third kappa shape index (κ3) is 5.17. The fourth-order valence-corrected chi connectivity index (χ4v) is 3.53. The van der Waals surface area contributed by atoms with Gasteiger partial charge in [0, 0.05) is 11.9 Å². The van der Waals surface area contributed by atoms with Crippen LogP contribution in [0.3, 0.4) is 0 Å². The number of halogens is 3. The number of alkyl halides is 3. The maximum absolute atomic E-state index is 13.1. The summed E-state index contributed by atoms with van der Waals surface area (Å²) in [4.78, 5) is 19.7. The van der Waals surface area contributed by atoms with E-state index in [1.807, 2.05) is 12.1 Å². The Morgan fingerprint density at radius 3 is 2.48 bits per heavy atom. The van der Waals surface area contributed by atoms with E-state index in [-0.39, 0.29) is 16.4 Å². The Morgan fingerprint density at radius 1 is 1.14 bits per heavy atom. The Balaban J connectivity index is 1.74. The van der Waals surface area contributed by atoms with E-state index in [1.54, 1.807) is 44.4 Å². The number of nitrogens with zero attached hydrogens (tertiary/aromatic N) is 2. The molecule has 1 amide bonds. The number of aromatic nitrogens is 2. The van der Waals surface area contributed by atoms with Gasteiger partial charge >= 0.3 is 6.18 Å². The summed E-state index contributed by atoms with van der Waals surface area (Å²) in [5.74, 6) is -0.813. The number of nitrogens with one attached hydrogen (secondary N) is 1. The average Bonchev–Trinajstić information content (AvgIpc) is 2.71. The molecule has 0 spiro atoms. The summed E-state index contributed by atoms with van der Waals surface area (Å²) in [6, 6.07) is 13.6. The molecule has 1 heterocycles. The van der Waals surface area contributed by atoms with Gasteiger partial charge in [-0.15, -0.1) is 0 Å². The first-order valence-corrected chi connectivity index (χ1v) is 9.57. The van der Waals surface area contributed by atoms with Crippen molar-refractivity contribution in [2.75, 3.05) is 7.11 Å². The minimum absolute atomic E-state index is 0.120. The van der Waals surface area contributed by atoms with Crippen LogP contribution in [0.1, 0.15) is 18.3 Å². The number of amides is 1. The van der Waals surface area contributed by atoms with Crippen LogP contribution in [0.2, 0.25) is 0 Å². The first kappa shape index (κ1) is 20.9. The third-order valence-corrected chi connectivity index (χ3v) is 5.21. The van der Waals surface area contributed by atoms with Gasteiger partial charge in [-0.1, -0.05) is 42.1 Å². The molecule has 0 bridgehead atoms. The Morgan fingerprint density at radius 2 is 1.83 bits per heavy atom. The fraction of sp³-hybridized carbons (Fsp3) is 0.250. The Hall–Kier alpha value is -2.81. The molecule has 0 saturated carbocycles. The number of ether oxygens (including phenoxy) is 1. The van der Waals surface area contributed by atoms with Crippen molar-refractivity contribution in [2.45, 2.75) is 29.9 Å². The SMILES string of the molecule is COc1ccc(CNC(=O)[C@H](C)Sc2nc(C(F)(F)F)nc3ccccc23)cc1. The quantitative estimate of drug-likeness (QED) is 0.471. The van der Waals surface area contributed by atoms with Gasteiger partial charge in [-0.3, -0.25) is 4.79 Å². The van der Waals surface area contributed by atoms with E-state index in [4.69, 9.17) is 4.74 Å². The summed E-state index contributed by atoms with van der Waals surface area (Å²) in [5, 5.41) is 2.73. The lowest BCUT2D eigenvalue weighted by molar-refractivity contribution is -0.145. The van der Waals surface area contributed by atoms with Crippen LogP contribution in [0, 0.1) is 0 Å². The summed E-state index contributed by atoms with van der Waals surface area (Å²) in [6.07, 6.45) is -4.67. The highest BCUT2D eigenvalue weighted by Crippen LogP contribution is 2.33. The van der Waals surface area contributed by atoms with E-state index in [0.717, 1.165) is 17.3 Å². The van der Waals surface area contributed by atoms with E-state index < -0.39 is 17.3 Å². The van der Waals surface area contributed by atoms with Gasteiger partial charge in [-0.25, -0.2) is 9.97 Å². The molecule has 0 aliphatic carbocycles. The highest BCUT2D eigenvalue weighted by Gasteiger charge is 2.35. The monoisotopic (exact) mass is 421 g/mol. The number of fused-ring (bicyclic) bond motifs is 1. The third-order valence-electron chi connectivity index (χ3n) is 4.11. The van der Waals surface area contributed by atoms with E-state index >= 15 is 0 Å². The Bertz CT molecular complexity index is 1010. The molecular formula is C20H18F3N3O2S. The second kappa shape index (κ2) is 8.69. The van der Waals surface area contributed by atoms with Crippen molar-refractivity contribution in [2.24, 2.45) is 0 Å². The first-order chi connectivity index (χ1) is 13.8. The van der Waals surface area contributed by atoms with Crippen molar-refractivity contribution in [1.82, 2.24) is 15.3 Å². The normalized spacial score (nSPS) is 12.6. The lowest BCUT2D eigenvalue weighted by Gasteiger charge is -2.14. The largest absolute Gasteiger partial charge is 0.497 e. The molecule has 1 aromatic heterocycles. The maximum atomic E-state index is 13.1. The average molecular weight is 421 g/mol. The van der Waals surface area contributed by atoms with Crippen molar-refractivity contribution in [3.05, 3.63) is 59.9 Å². The van der Waals surface area contributed by atoms with E-state index in [1.165, 1.54) is 6.07 Å². The number of carbonyl (C=O) groups is 1. The molecule has 1 N–H and O–H groups in total. The molecule has 9 heteroatoms. The fourth-order valence-electron chi connectivity index (χ4n) is 2.56. The van der Waals surface area contributed by atoms with Crippen molar-refractivity contribution in [1.29, 1.82) is 0 Å². The van der Waals surface area contributed by atoms with E-state index in [2.05, 4.69) is 15.3 Å². The van der Waals surface area contributed by atoms with Crippen molar-refractivity contribution in [3.8, 4) is 5.75 Å². The molecular weight excluding hydrogens is 403 g/mol. The van der Waals surface area contributed by atoms with Gasteiger partial charge in [0.25, 0.3) is 0 Å². The van der Waals surface area contributed by atoms with Gasteiger partial charge in [0.2, 0.25) is 11.7 Å². The van der Waals surface area contributed by atoms with Gasteiger partial charge in [0.1, 0.15) is 10.8 Å². The molecule has 0 fully saturated rings.